The number of piperazine rings is 1. The molecule has 3 aromatic rings. The summed E-state index contributed by atoms with van der Waals surface area (Å²) in [6, 6.07) is 19.3. The molecule has 2 heterocycles. The van der Waals surface area contributed by atoms with Crippen molar-refractivity contribution in [1.29, 1.82) is 0 Å². The third-order valence-corrected chi connectivity index (χ3v) is 5.68. The molecule has 0 aliphatic carbocycles. The van der Waals surface area contributed by atoms with Gasteiger partial charge in [-0.05, 0) is 42.2 Å². The lowest BCUT2D eigenvalue weighted by Crippen LogP contribution is -2.56. The fourth-order valence-corrected chi connectivity index (χ4v) is 4.06. The summed E-state index contributed by atoms with van der Waals surface area (Å²) < 4.78 is 5.57. The molecule has 2 aromatic carbocycles. The Labute approximate surface area is 182 Å². The Morgan fingerprint density at radius 2 is 1.90 bits per heavy atom. The molecule has 1 aliphatic heterocycles. The number of carbonyl (C=O) groups excluding carboxylic acids is 1. The fraction of sp³-hybridized carbons (Fsp3) is 0.333. The van der Waals surface area contributed by atoms with Gasteiger partial charge in [0.1, 0.15) is 0 Å². The molecule has 1 aromatic heterocycles. The molecule has 1 saturated heterocycles. The second-order valence-corrected chi connectivity index (χ2v) is 8.67. The van der Waals surface area contributed by atoms with Crippen molar-refractivity contribution in [1.82, 2.24) is 15.4 Å². The molecule has 2 unspecified atom stereocenters. The highest BCUT2D eigenvalue weighted by molar-refractivity contribution is 6.30. The topological polar surface area (TPSA) is 58.4 Å². The number of aromatic nitrogens is 1. The van der Waals surface area contributed by atoms with Crippen molar-refractivity contribution < 1.29 is 9.32 Å². The van der Waals surface area contributed by atoms with E-state index in [1.54, 1.807) is 0 Å². The first kappa shape index (κ1) is 20.6. The van der Waals surface area contributed by atoms with Gasteiger partial charge in [-0.15, -0.1) is 0 Å². The minimum Gasteiger partial charge on any atom is -0.356 e. The predicted molar refractivity (Wildman–Crippen MR) is 118 cm³/mol. The van der Waals surface area contributed by atoms with Gasteiger partial charge >= 0.3 is 0 Å². The number of nitrogens with one attached hydrogen (secondary N) is 1. The van der Waals surface area contributed by atoms with Gasteiger partial charge in [-0.2, -0.15) is 0 Å². The summed E-state index contributed by atoms with van der Waals surface area (Å²) in [7, 11) is 0. The maximum Gasteiger partial charge on any atom is 0.237 e. The summed E-state index contributed by atoms with van der Waals surface area (Å²) in [6.07, 6.45) is 0.801. The summed E-state index contributed by atoms with van der Waals surface area (Å²) in [6.45, 7) is 5.58. The van der Waals surface area contributed by atoms with Crippen molar-refractivity contribution in [3.05, 3.63) is 76.9 Å². The van der Waals surface area contributed by atoms with Crippen LogP contribution in [0, 0.1) is 5.92 Å². The third kappa shape index (κ3) is 4.74. The van der Waals surface area contributed by atoms with Crippen LogP contribution in [0.3, 0.4) is 0 Å². The van der Waals surface area contributed by atoms with Crippen molar-refractivity contribution in [2.24, 2.45) is 5.92 Å². The van der Waals surface area contributed by atoms with Gasteiger partial charge in [0.05, 0.1) is 17.8 Å². The first-order valence-electron chi connectivity index (χ1n) is 10.3. The summed E-state index contributed by atoms with van der Waals surface area (Å²) in [5, 5.41) is 8.15. The van der Waals surface area contributed by atoms with Gasteiger partial charge in [-0.1, -0.05) is 60.9 Å². The Balaban J connectivity index is 1.55. The van der Waals surface area contributed by atoms with Crippen molar-refractivity contribution in [3.8, 4) is 11.3 Å². The van der Waals surface area contributed by atoms with E-state index >= 15 is 0 Å². The highest BCUT2D eigenvalue weighted by Crippen LogP contribution is 2.27. The largest absolute Gasteiger partial charge is 0.356 e. The molecule has 1 aliphatic rings. The van der Waals surface area contributed by atoms with Crippen LogP contribution in [0.5, 0.6) is 0 Å². The maximum atomic E-state index is 13.0. The summed E-state index contributed by atoms with van der Waals surface area (Å²) in [5.41, 5.74) is 2.85. The zero-order valence-electron chi connectivity index (χ0n) is 17.2. The second-order valence-electron chi connectivity index (χ2n) is 8.24. The lowest BCUT2D eigenvalue weighted by atomic mass is 9.95. The average molecular weight is 424 g/mol. The van der Waals surface area contributed by atoms with Crippen LogP contribution in [0.2, 0.25) is 5.02 Å². The standard InChI is InChI=1S/C24H26ClN3O2/c1-16(2)12-22-24(29)26-21(17-6-4-3-5-7-17)15-28(22)14-20-13-23(30-27-20)18-8-10-19(25)11-9-18/h3-11,13,16,21-22H,12,14-15H2,1-2H3,(H,26,29). The molecule has 0 bridgehead atoms. The Bertz CT molecular complexity index is 985. The highest BCUT2D eigenvalue weighted by Gasteiger charge is 2.35. The van der Waals surface area contributed by atoms with Gasteiger partial charge in [-0.3, -0.25) is 9.69 Å². The highest BCUT2D eigenvalue weighted by atomic mass is 35.5. The normalized spacial score (nSPS) is 19.8. The number of hydrogen-bond acceptors (Lipinski definition) is 4. The number of carbonyl (C=O) groups is 1. The van der Waals surface area contributed by atoms with Gasteiger partial charge in [0, 0.05) is 29.7 Å². The quantitative estimate of drug-likeness (QED) is 0.600. The van der Waals surface area contributed by atoms with Crippen molar-refractivity contribution in [3.63, 3.8) is 0 Å². The van der Waals surface area contributed by atoms with E-state index in [0.29, 0.717) is 23.2 Å². The van der Waals surface area contributed by atoms with Crippen molar-refractivity contribution in [2.45, 2.75) is 38.9 Å². The molecule has 1 amide bonds. The lowest BCUT2D eigenvalue weighted by molar-refractivity contribution is -0.132. The Morgan fingerprint density at radius 1 is 1.17 bits per heavy atom. The molecule has 0 saturated carbocycles. The molecular weight excluding hydrogens is 398 g/mol. The molecule has 30 heavy (non-hydrogen) atoms. The molecule has 156 valence electrons. The van der Waals surface area contributed by atoms with Gasteiger partial charge in [0.25, 0.3) is 0 Å². The van der Waals surface area contributed by atoms with Gasteiger partial charge in [-0.25, -0.2) is 0 Å². The summed E-state index contributed by atoms with van der Waals surface area (Å²) in [4.78, 5) is 15.2. The van der Waals surface area contributed by atoms with Crippen LogP contribution in [0.1, 0.15) is 37.6 Å². The number of nitrogens with zero attached hydrogens (tertiary/aromatic N) is 2. The molecule has 5 nitrogen and oxygen atoms in total. The van der Waals surface area contributed by atoms with E-state index in [2.05, 4.69) is 41.4 Å². The smallest absolute Gasteiger partial charge is 0.237 e. The zero-order chi connectivity index (χ0) is 21.1. The number of rotatable bonds is 6. The average Bonchev–Trinajstić information content (AvgIpc) is 3.20. The molecular formula is C24H26ClN3O2. The first-order valence-corrected chi connectivity index (χ1v) is 10.7. The van der Waals surface area contributed by atoms with E-state index in [9.17, 15) is 4.79 Å². The van der Waals surface area contributed by atoms with Crippen molar-refractivity contribution >= 4 is 17.5 Å². The molecule has 1 fully saturated rings. The number of hydrogen-bond donors (Lipinski definition) is 1. The van der Waals surface area contributed by atoms with Gasteiger partial charge in [0.2, 0.25) is 5.91 Å². The Kier molecular flexibility index (Phi) is 6.21. The van der Waals surface area contributed by atoms with Crippen LogP contribution in [-0.4, -0.2) is 28.6 Å². The van der Waals surface area contributed by atoms with E-state index in [-0.39, 0.29) is 18.0 Å². The lowest BCUT2D eigenvalue weighted by Gasteiger charge is -2.40. The molecule has 6 heteroatoms. The fourth-order valence-electron chi connectivity index (χ4n) is 3.94. The van der Waals surface area contributed by atoms with Crippen molar-refractivity contribution in [2.75, 3.05) is 6.54 Å². The van der Waals surface area contributed by atoms with Crippen LogP contribution in [0.4, 0.5) is 0 Å². The van der Waals surface area contributed by atoms with E-state index < -0.39 is 0 Å². The Hall–Kier alpha value is -2.63. The Morgan fingerprint density at radius 3 is 2.60 bits per heavy atom. The first-order chi connectivity index (χ1) is 14.5. The maximum absolute atomic E-state index is 13.0. The van der Waals surface area contributed by atoms with E-state index in [4.69, 9.17) is 16.1 Å². The van der Waals surface area contributed by atoms with Crippen LogP contribution in [-0.2, 0) is 11.3 Å². The summed E-state index contributed by atoms with van der Waals surface area (Å²) in [5.74, 6) is 1.19. The second kappa shape index (κ2) is 9.02. The van der Waals surface area contributed by atoms with Gasteiger partial charge in [0.15, 0.2) is 5.76 Å². The summed E-state index contributed by atoms with van der Waals surface area (Å²) >= 11 is 5.98. The third-order valence-electron chi connectivity index (χ3n) is 5.43. The van der Waals surface area contributed by atoms with E-state index in [1.807, 2.05) is 48.5 Å². The number of amides is 1. The van der Waals surface area contributed by atoms with E-state index in [1.165, 1.54) is 0 Å². The number of benzene rings is 2. The minimum absolute atomic E-state index is 0.0373. The minimum atomic E-state index is -0.180. The SMILES string of the molecule is CC(C)CC1C(=O)NC(c2ccccc2)CN1Cc1cc(-c2ccc(Cl)cc2)on1. The monoisotopic (exact) mass is 423 g/mol. The van der Waals surface area contributed by atoms with E-state index in [0.717, 1.165) is 29.8 Å². The van der Waals surface area contributed by atoms with Crippen LogP contribution in [0.15, 0.2) is 65.2 Å². The molecule has 2 atom stereocenters. The molecule has 0 radical (unpaired) electrons. The van der Waals surface area contributed by atoms with Crippen LogP contribution >= 0.6 is 11.6 Å². The zero-order valence-corrected chi connectivity index (χ0v) is 18.0. The van der Waals surface area contributed by atoms with Crippen LogP contribution in [0.25, 0.3) is 11.3 Å². The predicted octanol–water partition coefficient (Wildman–Crippen LogP) is 5.08. The van der Waals surface area contributed by atoms with Gasteiger partial charge < -0.3 is 9.84 Å². The molecule has 4 rings (SSSR count). The van der Waals surface area contributed by atoms with Crippen LogP contribution < -0.4 is 5.32 Å². The molecule has 1 N–H and O–H groups in total. The number of halogens is 1. The molecule has 0 spiro atoms.